The van der Waals surface area contributed by atoms with Crippen LogP contribution in [0.2, 0.25) is 0 Å². The molecule has 0 aromatic carbocycles. The molecule has 9 nitrogen and oxygen atoms in total. The molecule has 1 aliphatic heterocycles. The molecule has 2 unspecified atom stereocenters. The van der Waals surface area contributed by atoms with Gasteiger partial charge in [-0.25, -0.2) is 9.97 Å². The Labute approximate surface area is 168 Å². The number of nitrogens with zero attached hydrogens (tertiary/aromatic N) is 4. The Morgan fingerprint density at radius 1 is 1.38 bits per heavy atom. The number of H-pyrrole nitrogens is 1. The summed E-state index contributed by atoms with van der Waals surface area (Å²) in [6.07, 6.45) is 4.95. The molecule has 2 aliphatic rings. The number of aromatic nitrogens is 4. The van der Waals surface area contributed by atoms with Crippen LogP contribution in [0.1, 0.15) is 54.5 Å². The largest absolute Gasteiger partial charge is 0.478 e. The number of ether oxygens (including phenoxy) is 1. The number of aromatic amines is 1. The number of aryl methyl sites for hydroxylation is 2. The smallest absolute Gasteiger partial charge is 0.263 e. The summed E-state index contributed by atoms with van der Waals surface area (Å²) >= 11 is 0. The first-order chi connectivity index (χ1) is 13.9. The predicted molar refractivity (Wildman–Crippen MR) is 107 cm³/mol. The minimum Gasteiger partial charge on any atom is -0.478 e. The van der Waals surface area contributed by atoms with Gasteiger partial charge in [0.15, 0.2) is 0 Å². The maximum atomic E-state index is 13.0. The predicted octanol–water partition coefficient (Wildman–Crippen LogP) is 1.51. The Morgan fingerprint density at radius 2 is 2.21 bits per heavy atom. The number of nitrogens with one attached hydrogen (secondary N) is 2. The molecule has 0 bridgehead atoms. The summed E-state index contributed by atoms with van der Waals surface area (Å²) in [7, 11) is 0. The van der Waals surface area contributed by atoms with Crippen LogP contribution in [0.25, 0.3) is 0 Å². The summed E-state index contributed by atoms with van der Waals surface area (Å²) in [6.45, 7) is 6.76. The molecule has 0 radical (unpaired) electrons. The third-order valence-corrected chi connectivity index (χ3v) is 5.93. The van der Waals surface area contributed by atoms with Crippen LogP contribution in [0.5, 0.6) is 5.88 Å². The van der Waals surface area contributed by atoms with Crippen LogP contribution < -0.4 is 20.5 Å². The zero-order valence-electron chi connectivity index (χ0n) is 17.0. The summed E-state index contributed by atoms with van der Waals surface area (Å²) in [5.74, 6) is 1.67. The molecule has 2 aromatic heterocycles. The van der Waals surface area contributed by atoms with Crippen molar-refractivity contribution in [2.45, 2.75) is 58.0 Å². The number of hydrogen-bond donors (Lipinski definition) is 2. The lowest BCUT2D eigenvalue weighted by atomic mass is 9.92. The minimum atomic E-state index is -0.413. The fourth-order valence-electron chi connectivity index (χ4n) is 4.70. The van der Waals surface area contributed by atoms with E-state index >= 15 is 0 Å². The van der Waals surface area contributed by atoms with Gasteiger partial charge in [-0.05, 0) is 46.5 Å². The molecule has 2 fully saturated rings. The van der Waals surface area contributed by atoms with Crippen LogP contribution >= 0.6 is 0 Å². The highest BCUT2D eigenvalue weighted by Crippen LogP contribution is 2.43. The average Bonchev–Trinajstić information content (AvgIpc) is 3.19. The van der Waals surface area contributed by atoms with Crippen molar-refractivity contribution >= 4 is 11.7 Å². The normalized spacial score (nSPS) is 23.1. The molecule has 3 heterocycles. The highest BCUT2D eigenvalue weighted by molar-refractivity contribution is 5.95. The first kappa shape index (κ1) is 19.4. The van der Waals surface area contributed by atoms with Gasteiger partial charge in [0.1, 0.15) is 17.2 Å². The van der Waals surface area contributed by atoms with E-state index in [-0.39, 0.29) is 23.1 Å². The van der Waals surface area contributed by atoms with Crippen molar-refractivity contribution in [1.82, 2.24) is 25.3 Å². The van der Waals surface area contributed by atoms with Crippen molar-refractivity contribution in [2.24, 2.45) is 0 Å². The van der Waals surface area contributed by atoms with Gasteiger partial charge in [0.25, 0.3) is 11.5 Å². The van der Waals surface area contributed by atoms with Gasteiger partial charge in [-0.2, -0.15) is 4.98 Å². The van der Waals surface area contributed by atoms with Crippen molar-refractivity contribution in [2.75, 3.05) is 18.1 Å². The fraction of sp³-hybridized carbons (Fsp3) is 0.550. The van der Waals surface area contributed by atoms with Crippen LogP contribution in [-0.2, 0) is 0 Å². The van der Waals surface area contributed by atoms with Gasteiger partial charge >= 0.3 is 0 Å². The quantitative estimate of drug-likeness (QED) is 0.785. The zero-order valence-corrected chi connectivity index (χ0v) is 17.0. The Balaban J connectivity index is 1.61. The summed E-state index contributed by atoms with van der Waals surface area (Å²) in [6, 6.07) is 1.98. The number of fused-ring (bicyclic) bond motifs is 1. The molecule has 1 saturated carbocycles. The van der Waals surface area contributed by atoms with Crippen molar-refractivity contribution in [3.8, 4) is 5.88 Å². The Morgan fingerprint density at radius 3 is 2.97 bits per heavy atom. The second kappa shape index (κ2) is 7.46. The molecule has 4 rings (SSSR count). The summed E-state index contributed by atoms with van der Waals surface area (Å²) in [5.41, 5.74) is -0.276. The second-order valence-corrected chi connectivity index (χ2v) is 7.70. The van der Waals surface area contributed by atoms with Crippen molar-refractivity contribution in [1.29, 1.82) is 0 Å². The number of carbonyl (C=O) groups is 1. The van der Waals surface area contributed by atoms with E-state index in [9.17, 15) is 9.59 Å². The van der Waals surface area contributed by atoms with Gasteiger partial charge in [-0.3, -0.25) is 9.59 Å². The van der Waals surface area contributed by atoms with Crippen LogP contribution in [0, 0.1) is 13.8 Å². The summed E-state index contributed by atoms with van der Waals surface area (Å²) < 4.78 is 5.58. The lowest BCUT2D eigenvalue weighted by Crippen LogP contribution is -2.54. The molecule has 9 heteroatoms. The molecule has 0 spiro atoms. The third kappa shape index (κ3) is 3.45. The molecule has 1 amide bonds. The van der Waals surface area contributed by atoms with Crippen LogP contribution in [0.4, 0.5) is 5.82 Å². The molecular weight excluding hydrogens is 372 g/mol. The van der Waals surface area contributed by atoms with E-state index in [4.69, 9.17) is 4.74 Å². The molecule has 2 aromatic rings. The molecule has 2 N–H and O–H groups in total. The number of anilines is 1. The van der Waals surface area contributed by atoms with Crippen LogP contribution in [0.15, 0.2) is 17.2 Å². The van der Waals surface area contributed by atoms with Crippen molar-refractivity contribution in [3.63, 3.8) is 0 Å². The topological polar surface area (TPSA) is 113 Å². The van der Waals surface area contributed by atoms with Gasteiger partial charge in [0.05, 0.1) is 30.2 Å². The zero-order chi connectivity index (χ0) is 20.6. The SMILES string of the molecule is CCOc1cc(N2CCC3(NC(=O)c4c(C)nc[nH]c4=O)CCCC23)nc(C)n1. The first-order valence-electron chi connectivity index (χ1n) is 10.1. The van der Waals surface area contributed by atoms with E-state index in [1.54, 1.807) is 6.92 Å². The minimum absolute atomic E-state index is 0.0856. The van der Waals surface area contributed by atoms with E-state index < -0.39 is 5.56 Å². The Bertz CT molecular complexity index is 990. The third-order valence-electron chi connectivity index (χ3n) is 5.93. The second-order valence-electron chi connectivity index (χ2n) is 7.70. The molecule has 1 aliphatic carbocycles. The van der Waals surface area contributed by atoms with Crippen molar-refractivity contribution < 1.29 is 9.53 Å². The lowest BCUT2D eigenvalue weighted by Gasteiger charge is -2.34. The van der Waals surface area contributed by atoms with Gasteiger partial charge in [-0.15, -0.1) is 0 Å². The highest BCUT2D eigenvalue weighted by Gasteiger charge is 2.52. The molecule has 1 saturated heterocycles. The van der Waals surface area contributed by atoms with E-state index in [0.717, 1.165) is 38.0 Å². The van der Waals surface area contributed by atoms with E-state index in [1.165, 1.54) is 6.33 Å². The van der Waals surface area contributed by atoms with Gasteiger partial charge in [0, 0.05) is 12.6 Å². The monoisotopic (exact) mass is 398 g/mol. The maximum Gasteiger partial charge on any atom is 0.263 e. The molecular formula is C20H26N6O3. The van der Waals surface area contributed by atoms with E-state index in [2.05, 4.69) is 30.2 Å². The number of carbonyl (C=O) groups excluding carboxylic acids is 1. The average molecular weight is 398 g/mol. The van der Waals surface area contributed by atoms with Gasteiger partial charge in [-0.1, -0.05) is 0 Å². The number of rotatable bonds is 5. The molecule has 29 heavy (non-hydrogen) atoms. The van der Waals surface area contributed by atoms with E-state index in [0.29, 0.717) is 24.0 Å². The van der Waals surface area contributed by atoms with Crippen LogP contribution in [-0.4, -0.2) is 50.6 Å². The summed E-state index contributed by atoms with van der Waals surface area (Å²) in [4.78, 5) is 42.9. The van der Waals surface area contributed by atoms with Crippen LogP contribution in [0.3, 0.4) is 0 Å². The Hall–Kier alpha value is -2.97. The maximum absolute atomic E-state index is 13.0. The molecule has 154 valence electrons. The van der Waals surface area contributed by atoms with Gasteiger partial charge < -0.3 is 19.9 Å². The van der Waals surface area contributed by atoms with E-state index in [1.807, 2.05) is 19.9 Å². The summed E-state index contributed by atoms with van der Waals surface area (Å²) in [5, 5.41) is 3.19. The Kier molecular flexibility index (Phi) is 4.97. The molecule has 2 atom stereocenters. The number of amides is 1. The first-order valence-corrected chi connectivity index (χ1v) is 10.1. The fourth-order valence-corrected chi connectivity index (χ4v) is 4.70. The lowest BCUT2D eigenvalue weighted by molar-refractivity contribution is 0.0896. The number of hydrogen-bond acceptors (Lipinski definition) is 7. The van der Waals surface area contributed by atoms with Gasteiger partial charge in [0.2, 0.25) is 5.88 Å². The standard InChI is InChI=1S/C20H26N6O3/c1-4-29-16-10-15(23-13(3)24-16)26-9-8-20(7-5-6-14(20)26)25-19(28)17-12(2)21-11-22-18(17)27/h10-11,14H,4-9H2,1-3H3,(H,25,28)(H,21,22,27). The van der Waals surface area contributed by atoms with Crippen molar-refractivity contribution in [3.05, 3.63) is 39.8 Å². The highest BCUT2D eigenvalue weighted by atomic mass is 16.5.